The van der Waals surface area contributed by atoms with Gasteiger partial charge < -0.3 is 5.32 Å². The number of nitrogens with zero attached hydrogens (tertiary/aromatic N) is 1. The van der Waals surface area contributed by atoms with Gasteiger partial charge in [-0.05, 0) is 36.7 Å². The number of nitrogens with one attached hydrogen (secondary N) is 1. The molecule has 4 nitrogen and oxygen atoms in total. The van der Waals surface area contributed by atoms with Crippen molar-refractivity contribution in [3.63, 3.8) is 0 Å². The van der Waals surface area contributed by atoms with Crippen LogP contribution >= 0.6 is 11.8 Å². The van der Waals surface area contributed by atoms with Gasteiger partial charge in [0.2, 0.25) is 0 Å². The molecule has 5 heteroatoms. The molecule has 0 unspecified atom stereocenters. The second kappa shape index (κ2) is 5.65. The summed E-state index contributed by atoms with van der Waals surface area (Å²) >= 11 is 1.05. The summed E-state index contributed by atoms with van der Waals surface area (Å²) < 4.78 is 0. The summed E-state index contributed by atoms with van der Waals surface area (Å²) in [5.41, 5.74) is 2.02. The van der Waals surface area contributed by atoms with Crippen LogP contribution in [0.5, 0.6) is 0 Å². The van der Waals surface area contributed by atoms with E-state index in [0.717, 1.165) is 23.0 Å². The normalized spacial score (nSPS) is 19.4. The molecule has 1 aromatic rings. The summed E-state index contributed by atoms with van der Waals surface area (Å²) in [6, 6.07) is 7.78. The van der Waals surface area contributed by atoms with Gasteiger partial charge in [-0.15, -0.1) is 0 Å². The lowest BCUT2D eigenvalue weighted by molar-refractivity contribution is -0.126. The van der Waals surface area contributed by atoms with Crippen molar-refractivity contribution in [3.05, 3.63) is 29.8 Å². The Labute approximate surface area is 117 Å². The van der Waals surface area contributed by atoms with Crippen LogP contribution in [0.2, 0.25) is 0 Å². The van der Waals surface area contributed by atoms with Crippen molar-refractivity contribution in [2.45, 2.75) is 26.1 Å². The molecule has 102 valence electrons. The monoisotopic (exact) mass is 278 g/mol. The van der Waals surface area contributed by atoms with Crippen LogP contribution in [0.4, 0.5) is 10.5 Å². The van der Waals surface area contributed by atoms with Crippen molar-refractivity contribution < 1.29 is 9.59 Å². The molecule has 2 rings (SSSR count). The summed E-state index contributed by atoms with van der Waals surface area (Å²) in [6.45, 7) is 6.47. The highest BCUT2D eigenvalue weighted by molar-refractivity contribution is 8.15. The number of rotatable bonds is 4. The molecule has 1 atom stereocenters. The number of thioether (sulfide) groups is 1. The minimum absolute atomic E-state index is 0.149. The van der Waals surface area contributed by atoms with Crippen molar-refractivity contribution in [1.29, 1.82) is 0 Å². The Morgan fingerprint density at radius 1 is 1.26 bits per heavy atom. The van der Waals surface area contributed by atoms with Gasteiger partial charge in [-0.2, -0.15) is 0 Å². The van der Waals surface area contributed by atoms with Gasteiger partial charge in [0.15, 0.2) is 5.37 Å². The lowest BCUT2D eigenvalue weighted by Gasteiger charge is -2.16. The van der Waals surface area contributed by atoms with Crippen molar-refractivity contribution in [3.8, 4) is 0 Å². The predicted molar refractivity (Wildman–Crippen MR) is 78.1 cm³/mol. The lowest BCUT2D eigenvalue weighted by atomic mass is 10.2. The third kappa shape index (κ3) is 3.29. The summed E-state index contributed by atoms with van der Waals surface area (Å²) in [5.74, 6) is 0.135. The van der Waals surface area contributed by atoms with Crippen LogP contribution in [0.1, 0.15) is 19.4 Å². The zero-order valence-electron chi connectivity index (χ0n) is 11.3. The summed E-state index contributed by atoms with van der Waals surface area (Å²) in [4.78, 5) is 25.3. The van der Waals surface area contributed by atoms with Crippen LogP contribution in [-0.4, -0.2) is 28.0 Å². The van der Waals surface area contributed by atoms with Gasteiger partial charge >= 0.3 is 0 Å². The van der Waals surface area contributed by atoms with Crippen molar-refractivity contribution >= 4 is 28.6 Å². The maximum atomic E-state index is 12.1. The van der Waals surface area contributed by atoms with Crippen LogP contribution in [0.15, 0.2) is 24.3 Å². The fraction of sp³-hybridized carbons (Fsp3) is 0.429. The lowest BCUT2D eigenvalue weighted by Crippen LogP contribution is -2.36. The first-order valence-electron chi connectivity index (χ1n) is 6.32. The second-order valence-corrected chi connectivity index (χ2v) is 6.17. The maximum absolute atomic E-state index is 12.1. The van der Waals surface area contributed by atoms with E-state index in [9.17, 15) is 9.59 Å². The van der Waals surface area contributed by atoms with Crippen LogP contribution in [0.25, 0.3) is 0 Å². The topological polar surface area (TPSA) is 49.4 Å². The van der Waals surface area contributed by atoms with Gasteiger partial charge in [-0.1, -0.05) is 31.5 Å². The zero-order valence-corrected chi connectivity index (χ0v) is 12.2. The number of carbonyl (C=O) groups is 2. The minimum atomic E-state index is -0.506. The zero-order chi connectivity index (χ0) is 14.0. The molecule has 0 aromatic heterocycles. The van der Waals surface area contributed by atoms with E-state index in [0.29, 0.717) is 6.54 Å². The number of hydrogen-bond donors (Lipinski definition) is 1. The molecule has 0 radical (unpaired) electrons. The molecule has 19 heavy (non-hydrogen) atoms. The molecule has 1 heterocycles. The SMILES string of the molecule is Cc1ccc(N[C@H]2SC(=O)N(CC(C)C)C2=O)cc1. The number of imide groups is 1. The Bertz CT molecular complexity index is 485. The largest absolute Gasteiger partial charge is 0.365 e. The fourth-order valence-corrected chi connectivity index (χ4v) is 2.78. The van der Waals surface area contributed by atoms with Crippen molar-refractivity contribution in [1.82, 2.24) is 4.90 Å². The average Bonchev–Trinajstić information content (AvgIpc) is 2.60. The van der Waals surface area contributed by atoms with Gasteiger partial charge in [0, 0.05) is 12.2 Å². The molecule has 2 amide bonds. The standard InChI is InChI=1S/C14H18N2O2S/c1-9(2)8-16-13(17)12(19-14(16)18)15-11-6-4-10(3)5-7-11/h4-7,9,12,15H,8H2,1-3H3/t12-/m0/s1. The highest BCUT2D eigenvalue weighted by Crippen LogP contribution is 2.28. The molecule has 0 bridgehead atoms. The van der Waals surface area contributed by atoms with Gasteiger partial charge in [0.1, 0.15) is 0 Å². The smallest absolute Gasteiger partial charge is 0.290 e. The van der Waals surface area contributed by atoms with Gasteiger partial charge in [-0.3, -0.25) is 14.5 Å². The van der Waals surface area contributed by atoms with E-state index < -0.39 is 5.37 Å². The first kappa shape index (κ1) is 13.9. The van der Waals surface area contributed by atoms with E-state index in [1.54, 1.807) is 0 Å². The molecule has 0 spiro atoms. The minimum Gasteiger partial charge on any atom is -0.365 e. The summed E-state index contributed by atoms with van der Waals surface area (Å²) in [5, 5.41) is 2.43. The number of benzene rings is 1. The molecule has 1 aliphatic rings. The van der Waals surface area contributed by atoms with Crippen molar-refractivity contribution in [2.75, 3.05) is 11.9 Å². The Morgan fingerprint density at radius 3 is 2.47 bits per heavy atom. The molecular weight excluding hydrogens is 260 g/mol. The first-order chi connectivity index (χ1) is 8.97. The van der Waals surface area contributed by atoms with Crippen LogP contribution in [-0.2, 0) is 4.79 Å². The third-order valence-electron chi connectivity index (χ3n) is 2.83. The van der Waals surface area contributed by atoms with E-state index in [4.69, 9.17) is 0 Å². The highest BCUT2D eigenvalue weighted by atomic mass is 32.2. The van der Waals surface area contributed by atoms with E-state index in [2.05, 4.69) is 5.32 Å². The van der Waals surface area contributed by atoms with E-state index >= 15 is 0 Å². The van der Waals surface area contributed by atoms with Gasteiger partial charge in [-0.25, -0.2) is 0 Å². The Kier molecular flexibility index (Phi) is 4.14. The van der Waals surface area contributed by atoms with E-state index in [-0.39, 0.29) is 17.1 Å². The molecule has 1 aromatic carbocycles. The van der Waals surface area contributed by atoms with Crippen molar-refractivity contribution in [2.24, 2.45) is 5.92 Å². The Balaban J connectivity index is 2.04. The van der Waals surface area contributed by atoms with Crippen LogP contribution in [0, 0.1) is 12.8 Å². The fourth-order valence-electron chi connectivity index (χ4n) is 1.87. The maximum Gasteiger partial charge on any atom is 0.290 e. The molecule has 0 saturated carbocycles. The molecule has 0 aliphatic carbocycles. The Hall–Kier alpha value is -1.49. The summed E-state index contributed by atoms with van der Waals surface area (Å²) in [7, 11) is 0. The average molecular weight is 278 g/mol. The first-order valence-corrected chi connectivity index (χ1v) is 7.20. The number of amides is 2. The highest BCUT2D eigenvalue weighted by Gasteiger charge is 2.39. The number of carbonyl (C=O) groups excluding carboxylic acids is 2. The van der Waals surface area contributed by atoms with Gasteiger partial charge in [0.25, 0.3) is 11.1 Å². The van der Waals surface area contributed by atoms with E-state index in [1.165, 1.54) is 4.90 Å². The molecule has 1 aliphatic heterocycles. The molecular formula is C14H18N2O2S. The van der Waals surface area contributed by atoms with Crippen LogP contribution < -0.4 is 5.32 Å². The van der Waals surface area contributed by atoms with Crippen LogP contribution in [0.3, 0.4) is 0 Å². The Morgan fingerprint density at radius 2 is 1.89 bits per heavy atom. The summed E-state index contributed by atoms with van der Waals surface area (Å²) in [6.07, 6.45) is 0. The molecule has 1 fully saturated rings. The number of anilines is 1. The predicted octanol–water partition coefficient (Wildman–Crippen LogP) is 3.08. The third-order valence-corrected chi connectivity index (χ3v) is 3.80. The van der Waals surface area contributed by atoms with E-state index in [1.807, 2.05) is 45.0 Å². The quantitative estimate of drug-likeness (QED) is 0.919. The van der Waals surface area contributed by atoms with Gasteiger partial charge in [0.05, 0.1) is 0 Å². The molecule has 1 N–H and O–H groups in total. The number of aryl methyl sites for hydroxylation is 1. The second-order valence-electron chi connectivity index (χ2n) is 5.12. The molecule has 1 saturated heterocycles. The number of hydrogen-bond acceptors (Lipinski definition) is 4.